The molecule has 1 atom stereocenters. The van der Waals surface area contributed by atoms with Crippen LogP contribution in [-0.4, -0.2) is 50.7 Å². The first-order valence-electron chi connectivity index (χ1n) is 7.64. The van der Waals surface area contributed by atoms with Crippen LogP contribution in [0.1, 0.15) is 19.8 Å². The highest BCUT2D eigenvalue weighted by Gasteiger charge is 2.34. The Hall–Kier alpha value is -0.970. The van der Waals surface area contributed by atoms with E-state index in [1.165, 1.54) is 4.31 Å². The predicted octanol–water partition coefficient (Wildman–Crippen LogP) is 1.16. The minimum Gasteiger partial charge on any atom is -0.355 e. The number of hydrogen-bond donors (Lipinski definition) is 2. The molecule has 1 aliphatic heterocycles. The number of carbonyl (C=O) groups excluding carboxylic acids is 2. The second-order valence-electron chi connectivity index (χ2n) is 5.43. The number of nitrogens with one attached hydrogen (secondary N) is 2. The average Bonchev–Trinajstić information content (AvgIpc) is 3.00. The van der Waals surface area contributed by atoms with Gasteiger partial charge in [-0.05, 0) is 47.8 Å². The molecule has 0 aromatic carbocycles. The molecule has 1 unspecified atom stereocenters. The van der Waals surface area contributed by atoms with E-state index in [0.29, 0.717) is 25.9 Å². The topological polar surface area (TPSA) is 95.6 Å². The molecule has 0 aliphatic carbocycles. The number of sulfonamides is 1. The summed E-state index contributed by atoms with van der Waals surface area (Å²) < 4.78 is 27.6. The fraction of sp³-hybridized carbons (Fsp3) is 0.571. The molecule has 0 saturated carbocycles. The molecule has 2 rings (SSSR count). The first kappa shape index (κ1) is 19.4. The maximum atomic E-state index is 12.6. The fourth-order valence-electron chi connectivity index (χ4n) is 2.51. The molecule has 10 heteroatoms. The minimum absolute atomic E-state index is 0.0895. The molecule has 1 saturated heterocycles. The maximum absolute atomic E-state index is 12.6. The molecular formula is C14H20BrN3O4S2. The normalized spacial score (nSPS) is 19.0. The lowest BCUT2D eigenvalue weighted by Gasteiger charge is -2.30. The number of hydrogen-bond acceptors (Lipinski definition) is 5. The number of halogens is 1. The molecule has 1 aromatic rings. The van der Waals surface area contributed by atoms with Gasteiger partial charge in [0, 0.05) is 19.6 Å². The Morgan fingerprint density at radius 1 is 1.38 bits per heavy atom. The second-order valence-corrected chi connectivity index (χ2v) is 10.1. The van der Waals surface area contributed by atoms with Gasteiger partial charge in [0.05, 0.1) is 16.2 Å². The third kappa shape index (κ3) is 4.78. The standard InChI is InChI=1S/C14H20BrN3O4S2/c1-2-16-12(19)8-17-14(20)10-4-3-7-18(9-10)24(21,22)13-6-5-11(15)23-13/h5-6,10H,2-4,7-9H2,1H3,(H,16,19)(H,17,20). The van der Waals surface area contributed by atoms with Gasteiger partial charge in [-0.15, -0.1) is 11.3 Å². The van der Waals surface area contributed by atoms with Crippen molar-refractivity contribution in [3.05, 3.63) is 15.9 Å². The number of likely N-dealkylation sites (N-methyl/N-ethyl adjacent to an activating group) is 1. The highest BCUT2D eigenvalue weighted by molar-refractivity contribution is 9.11. The van der Waals surface area contributed by atoms with E-state index in [9.17, 15) is 18.0 Å². The third-order valence-corrected chi connectivity index (χ3v) is 7.65. The number of thiophene rings is 1. The van der Waals surface area contributed by atoms with Crippen molar-refractivity contribution in [1.82, 2.24) is 14.9 Å². The molecule has 1 aromatic heterocycles. The van der Waals surface area contributed by atoms with E-state index < -0.39 is 15.9 Å². The number of piperidine rings is 1. The molecule has 0 spiro atoms. The lowest BCUT2D eigenvalue weighted by atomic mass is 9.99. The molecule has 2 amide bonds. The summed E-state index contributed by atoms with van der Waals surface area (Å²) in [6.45, 7) is 2.75. The van der Waals surface area contributed by atoms with Crippen molar-refractivity contribution < 1.29 is 18.0 Å². The molecule has 1 fully saturated rings. The Labute approximate surface area is 154 Å². The van der Waals surface area contributed by atoms with E-state index in [-0.39, 0.29) is 29.1 Å². The van der Waals surface area contributed by atoms with E-state index in [1.807, 2.05) is 0 Å². The number of rotatable bonds is 6. The smallest absolute Gasteiger partial charge is 0.252 e. The van der Waals surface area contributed by atoms with Gasteiger partial charge in [-0.3, -0.25) is 9.59 Å². The van der Waals surface area contributed by atoms with Gasteiger partial charge in [-0.1, -0.05) is 0 Å². The number of nitrogens with zero attached hydrogens (tertiary/aromatic N) is 1. The Kier molecular flexibility index (Phi) is 6.79. The Morgan fingerprint density at radius 3 is 2.75 bits per heavy atom. The summed E-state index contributed by atoms with van der Waals surface area (Å²) in [7, 11) is -3.58. The molecule has 0 bridgehead atoms. The highest BCUT2D eigenvalue weighted by atomic mass is 79.9. The Balaban J connectivity index is 1.98. The van der Waals surface area contributed by atoms with Gasteiger partial charge in [0.15, 0.2) is 0 Å². The summed E-state index contributed by atoms with van der Waals surface area (Å²) in [5, 5.41) is 5.17. The predicted molar refractivity (Wildman–Crippen MR) is 95.2 cm³/mol. The van der Waals surface area contributed by atoms with Gasteiger partial charge in [0.1, 0.15) is 4.21 Å². The summed E-state index contributed by atoms with van der Waals surface area (Å²) in [4.78, 5) is 23.6. The van der Waals surface area contributed by atoms with Crippen LogP contribution in [0.4, 0.5) is 0 Å². The first-order valence-corrected chi connectivity index (χ1v) is 10.7. The van der Waals surface area contributed by atoms with Crippen molar-refractivity contribution in [3.8, 4) is 0 Å². The van der Waals surface area contributed by atoms with Gasteiger partial charge in [0.2, 0.25) is 11.8 Å². The lowest BCUT2D eigenvalue weighted by molar-refractivity contribution is -0.129. The van der Waals surface area contributed by atoms with E-state index >= 15 is 0 Å². The number of amides is 2. The molecular weight excluding hydrogens is 418 g/mol. The molecule has 134 valence electrons. The van der Waals surface area contributed by atoms with Gasteiger partial charge in [-0.2, -0.15) is 4.31 Å². The summed E-state index contributed by atoms with van der Waals surface area (Å²) >= 11 is 4.42. The van der Waals surface area contributed by atoms with Gasteiger partial charge in [-0.25, -0.2) is 8.42 Å². The minimum atomic E-state index is -3.58. The molecule has 0 radical (unpaired) electrons. The van der Waals surface area contributed by atoms with Crippen LogP contribution >= 0.6 is 27.3 Å². The number of carbonyl (C=O) groups is 2. The summed E-state index contributed by atoms with van der Waals surface area (Å²) in [6, 6.07) is 3.25. The summed E-state index contributed by atoms with van der Waals surface area (Å²) in [5.41, 5.74) is 0. The van der Waals surface area contributed by atoms with Gasteiger partial charge in [0.25, 0.3) is 10.0 Å². The Bertz CT molecular complexity index is 705. The molecule has 1 aliphatic rings. The maximum Gasteiger partial charge on any atom is 0.252 e. The van der Waals surface area contributed by atoms with E-state index in [4.69, 9.17) is 0 Å². The lowest BCUT2D eigenvalue weighted by Crippen LogP contribution is -2.47. The van der Waals surface area contributed by atoms with Crippen LogP contribution in [0.2, 0.25) is 0 Å². The quantitative estimate of drug-likeness (QED) is 0.697. The van der Waals surface area contributed by atoms with Crippen LogP contribution in [0.3, 0.4) is 0 Å². The van der Waals surface area contributed by atoms with Gasteiger partial charge < -0.3 is 10.6 Å². The van der Waals surface area contributed by atoms with Crippen molar-refractivity contribution in [1.29, 1.82) is 0 Å². The largest absolute Gasteiger partial charge is 0.355 e. The monoisotopic (exact) mass is 437 g/mol. The van der Waals surface area contributed by atoms with Crippen LogP contribution in [0.25, 0.3) is 0 Å². The molecule has 7 nitrogen and oxygen atoms in total. The van der Waals surface area contributed by atoms with Crippen LogP contribution in [0.5, 0.6) is 0 Å². The van der Waals surface area contributed by atoms with Gasteiger partial charge >= 0.3 is 0 Å². The van der Waals surface area contributed by atoms with Crippen molar-refractivity contribution in [2.75, 3.05) is 26.2 Å². The SMILES string of the molecule is CCNC(=O)CNC(=O)C1CCCN(S(=O)(=O)c2ccc(Br)s2)C1. The zero-order valence-corrected chi connectivity index (χ0v) is 16.5. The van der Waals surface area contributed by atoms with Crippen molar-refractivity contribution >= 4 is 49.1 Å². The summed E-state index contributed by atoms with van der Waals surface area (Å²) in [6.07, 6.45) is 1.23. The molecule has 24 heavy (non-hydrogen) atoms. The van der Waals surface area contributed by atoms with Crippen molar-refractivity contribution in [2.24, 2.45) is 5.92 Å². The Morgan fingerprint density at radius 2 is 2.12 bits per heavy atom. The van der Waals surface area contributed by atoms with E-state index in [1.54, 1.807) is 19.1 Å². The second kappa shape index (κ2) is 8.41. The van der Waals surface area contributed by atoms with Crippen LogP contribution in [0.15, 0.2) is 20.1 Å². The van der Waals surface area contributed by atoms with Crippen molar-refractivity contribution in [3.63, 3.8) is 0 Å². The third-order valence-electron chi connectivity index (χ3n) is 3.69. The van der Waals surface area contributed by atoms with Crippen LogP contribution < -0.4 is 10.6 Å². The van der Waals surface area contributed by atoms with E-state index in [2.05, 4.69) is 26.6 Å². The zero-order valence-electron chi connectivity index (χ0n) is 13.2. The zero-order chi connectivity index (χ0) is 17.7. The summed E-state index contributed by atoms with van der Waals surface area (Å²) in [5.74, 6) is -0.977. The fourth-order valence-corrected chi connectivity index (χ4v) is 6.20. The first-order chi connectivity index (χ1) is 11.3. The van der Waals surface area contributed by atoms with Crippen molar-refractivity contribution in [2.45, 2.75) is 24.0 Å². The van der Waals surface area contributed by atoms with E-state index in [0.717, 1.165) is 15.1 Å². The molecule has 2 heterocycles. The van der Waals surface area contributed by atoms with Crippen LogP contribution in [-0.2, 0) is 19.6 Å². The molecule has 2 N–H and O–H groups in total. The highest BCUT2D eigenvalue weighted by Crippen LogP contribution is 2.30. The van der Waals surface area contributed by atoms with Crippen LogP contribution in [0, 0.1) is 5.92 Å². The average molecular weight is 438 g/mol.